The number of para-hydroxylation sites is 4. The molecule has 0 aromatic heterocycles. The van der Waals surface area contributed by atoms with Crippen LogP contribution in [0.5, 0.6) is 23.0 Å². The smallest absolute Gasteiger partial charge is 1.00 e. The molecule has 0 spiro atoms. The molecule has 0 bridgehead atoms. The molecule has 9 heteroatoms. The summed E-state index contributed by atoms with van der Waals surface area (Å²) in [7, 11) is -4.67. The SMILES string of the molecule is O=S(=O)(O)O.Oc1ccccc1Oc1ccccc1O.[H-].[Na+]. The third-order valence-corrected chi connectivity index (χ3v) is 1.95. The molecule has 0 fully saturated rings. The minimum absolute atomic E-state index is 0. The van der Waals surface area contributed by atoms with Crippen LogP contribution in [-0.4, -0.2) is 27.7 Å². The molecule has 21 heavy (non-hydrogen) atoms. The van der Waals surface area contributed by atoms with Gasteiger partial charge in [0.25, 0.3) is 0 Å². The van der Waals surface area contributed by atoms with Crippen LogP contribution in [0.1, 0.15) is 1.43 Å². The topological polar surface area (TPSA) is 124 Å². The number of hydrogen-bond donors (Lipinski definition) is 4. The standard InChI is InChI=1S/C12H10O3.Na.H2O4S.H/c13-9-5-1-3-7-11(9)15-12-8-4-2-6-10(12)14;;1-5(2,3)4;/h1-8,13-14H;;(H2,1,2,3,4);/q;+1;;-1. The van der Waals surface area contributed by atoms with Crippen molar-refractivity contribution < 1.29 is 63.5 Å². The van der Waals surface area contributed by atoms with Gasteiger partial charge in [0.2, 0.25) is 0 Å². The summed E-state index contributed by atoms with van der Waals surface area (Å²) < 4.78 is 36.9. The van der Waals surface area contributed by atoms with Crippen LogP contribution in [0.15, 0.2) is 48.5 Å². The minimum atomic E-state index is -4.67. The van der Waals surface area contributed by atoms with Crippen LogP contribution in [0.25, 0.3) is 0 Å². The monoisotopic (exact) mass is 324 g/mol. The number of rotatable bonds is 2. The maximum absolute atomic E-state index is 9.46. The summed E-state index contributed by atoms with van der Waals surface area (Å²) in [4.78, 5) is 0. The maximum atomic E-state index is 9.46. The summed E-state index contributed by atoms with van der Waals surface area (Å²) in [6.45, 7) is 0. The summed E-state index contributed by atoms with van der Waals surface area (Å²) in [5.74, 6) is 0.722. The first-order chi connectivity index (χ1) is 9.27. The molecule has 0 radical (unpaired) electrons. The van der Waals surface area contributed by atoms with Gasteiger partial charge in [-0.2, -0.15) is 8.42 Å². The fourth-order valence-electron chi connectivity index (χ4n) is 1.21. The Kier molecular flexibility index (Phi) is 8.33. The van der Waals surface area contributed by atoms with Crippen LogP contribution in [-0.2, 0) is 10.4 Å². The second kappa shape index (κ2) is 8.88. The van der Waals surface area contributed by atoms with Gasteiger partial charge in [0.05, 0.1) is 0 Å². The molecular formula is C12H13NaO7S. The zero-order valence-electron chi connectivity index (χ0n) is 12.0. The molecule has 7 nitrogen and oxygen atoms in total. The molecular weight excluding hydrogens is 311 g/mol. The molecule has 2 aromatic carbocycles. The van der Waals surface area contributed by atoms with Gasteiger partial charge in [0, 0.05) is 0 Å². The largest absolute Gasteiger partial charge is 1.00 e. The van der Waals surface area contributed by atoms with E-state index in [4.69, 9.17) is 22.3 Å². The predicted molar refractivity (Wildman–Crippen MR) is 71.6 cm³/mol. The van der Waals surface area contributed by atoms with Gasteiger partial charge >= 0.3 is 40.0 Å². The molecule has 0 aliphatic carbocycles. The molecule has 2 rings (SSSR count). The van der Waals surface area contributed by atoms with E-state index in [1.54, 1.807) is 36.4 Å². The van der Waals surface area contributed by atoms with E-state index in [2.05, 4.69) is 0 Å². The van der Waals surface area contributed by atoms with Gasteiger partial charge in [-0.3, -0.25) is 9.11 Å². The van der Waals surface area contributed by atoms with Gasteiger partial charge in [-0.15, -0.1) is 0 Å². The van der Waals surface area contributed by atoms with E-state index in [-0.39, 0.29) is 42.5 Å². The molecule has 0 aliphatic rings. The predicted octanol–water partition coefficient (Wildman–Crippen LogP) is -0.646. The number of hydrogen-bond acceptors (Lipinski definition) is 5. The molecule has 0 saturated heterocycles. The van der Waals surface area contributed by atoms with Crippen LogP contribution >= 0.6 is 0 Å². The first-order valence-corrected chi connectivity index (χ1v) is 6.61. The van der Waals surface area contributed by atoms with E-state index < -0.39 is 10.4 Å². The molecule has 0 aliphatic heterocycles. The Balaban J connectivity index is 0. The quantitative estimate of drug-likeness (QED) is 0.427. The Morgan fingerprint density at radius 3 is 1.38 bits per heavy atom. The molecule has 0 heterocycles. The Morgan fingerprint density at radius 2 is 1.10 bits per heavy atom. The van der Waals surface area contributed by atoms with Crippen molar-refractivity contribution in [3.63, 3.8) is 0 Å². The molecule has 0 atom stereocenters. The molecule has 4 N–H and O–H groups in total. The number of phenolic OH excluding ortho intramolecular Hbond substituents is 2. The number of phenols is 2. The zero-order valence-corrected chi connectivity index (χ0v) is 13.9. The van der Waals surface area contributed by atoms with Gasteiger partial charge in [0.1, 0.15) is 0 Å². The van der Waals surface area contributed by atoms with E-state index in [0.29, 0.717) is 11.5 Å². The number of aromatic hydroxyl groups is 2. The van der Waals surface area contributed by atoms with E-state index in [0.717, 1.165) is 0 Å². The normalized spacial score (nSPS) is 9.81. The van der Waals surface area contributed by atoms with E-state index in [1.165, 1.54) is 12.1 Å². The van der Waals surface area contributed by atoms with Crippen molar-refractivity contribution in [2.75, 3.05) is 0 Å². The Labute approximate surface area is 145 Å². The summed E-state index contributed by atoms with van der Waals surface area (Å²) in [5, 5.41) is 18.9. The minimum Gasteiger partial charge on any atom is -1.00 e. The van der Waals surface area contributed by atoms with Crippen molar-refractivity contribution in [3.05, 3.63) is 48.5 Å². The number of benzene rings is 2. The van der Waals surface area contributed by atoms with Crippen molar-refractivity contribution >= 4 is 10.4 Å². The average Bonchev–Trinajstić information content (AvgIpc) is 2.33. The molecule has 0 saturated carbocycles. The van der Waals surface area contributed by atoms with E-state index >= 15 is 0 Å². The molecule has 2 aromatic rings. The van der Waals surface area contributed by atoms with Gasteiger partial charge in [-0.25, -0.2) is 0 Å². The van der Waals surface area contributed by atoms with Crippen LogP contribution in [0.3, 0.4) is 0 Å². The molecule has 110 valence electrons. The Morgan fingerprint density at radius 1 is 0.810 bits per heavy atom. The second-order valence-corrected chi connectivity index (χ2v) is 4.38. The van der Waals surface area contributed by atoms with Crippen LogP contribution in [0, 0.1) is 0 Å². The van der Waals surface area contributed by atoms with Crippen molar-refractivity contribution in [2.24, 2.45) is 0 Å². The van der Waals surface area contributed by atoms with E-state index in [9.17, 15) is 10.2 Å². The van der Waals surface area contributed by atoms with Crippen molar-refractivity contribution in [3.8, 4) is 23.0 Å². The number of ether oxygens (including phenoxy) is 1. The zero-order chi connectivity index (χ0) is 15.2. The third-order valence-electron chi connectivity index (χ3n) is 1.95. The summed E-state index contributed by atoms with van der Waals surface area (Å²) in [6.07, 6.45) is 0. The van der Waals surface area contributed by atoms with Crippen LogP contribution < -0.4 is 34.3 Å². The van der Waals surface area contributed by atoms with Gasteiger partial charge in [0.15, 0.2) is 23.0 Å². The Hall–Kier alpha value is -1.29. The fraction of sp³-hybridized carbons (Fsp3) is 0. The van der Waals surface area contributed by atoms with E-state index in [1.807, 2.05) is 0 Å². The van der Waals surface area contributed by atoms with Gasteiger partial charge in [-0.1, -0.05) is 24.3 Å². The summed E-state index contributed by atoms with van der Waals surface area (Å²) in [5.41, 5.74) is 0. The first kappa shape index (κ1) is 19.7. The van der Waals surface area contributed by atoms with Crippen molar-refractivity contribution in [1.82, 2.24) is 0 Å². The molecule has 0 amide bonds. The van der Waals surface area contributed by atoms with Crippen LogP contribution in [0.4, 0.5) is 0 Å². The maximum Gasteiger partial charge on any atom is 1.00 e. The second-order valence-electron chi connectivity index (χ2n) is 3.49. The van der Waals surface area contributed by atoms with Gasteiger partial charge in [-0.05, 0) is 24.3 Å². The summed E-state index contributed by atoms with van der Waals surface area (Å²) >= 11 is 0. The fourth-order valence-corrected chi connectivity index (χ4v) is 1.21. The molecule has 0 unspecified atom stereocenters. The van der Waals surface area contributed by atoms with Crippen molar-refractivity contribution in [1.29, 1.82) is 0 Å². The van der Waals surface area contributed by atoms with Crippen molar-refractivity contribution in [2.45, 2.75) is 0 Å². The Bertz CT molecular complexity index is 627. The van der Waals surface area contributed by atoms with Crippen LogP contribution in [0.2, 0.25) is 0 Å². The third kappa shape index (κ3) is 8.56. The average molecular weight is 324 g/mol. The summed E-state index contributed by atoms with van der Waals surface area (Å²) in [6, 6.07) is 13.2. The first-order valence-electron chi connectivity index (χ1n) is 5.21. The van der Waals surface area contributed by atoms with Gasteiger partial charge < -0.3 is 16.4 Å².